The van der Waals surface area contributed by atoms with Crippen molar-refractivity contribution in [1.29, 1.82) is 0 Å². The maximum absolute atomic E-state index is 13.3. The number of carbonyl (C=O) groups excluding carboxylic acids is 2. The van der Waals surface area contributed by atoms with Crippen LogP contribution in [0.25, 0.3) is 0 Å². The number of fused-ring (bicyclic) bond motifs is 1. The van der Waals surface area contributed by atoms with Gasteiger partial charge in [0.15, 0.2) is 10.7 Å². The van der Waals surface area contributed by atoms with Crippen LogP contribution in [0.15, 0.2) is 94.6 Å². The number of carbonyl (C=O) groups is 2. The molecule has 9 heteroatoms. The van der Waals surface area contributed by atoms with Crippen LogP contribution in [0, 0.1) is 0 Å². The monoisotopic (exact) mass is 497 g/mol. The zero-order valence-corrected chi connectivity index (χ0v) is 20.6. The van der Waals surface area contributed by atoms with Crippen LogP contribution in [-0.4, -0.2) is 39.6 Å². The third-order valence-electron chi connectivity index (χ3n) is 4.98. The Kier molecular flexibility index (Phi) is 8.14. The Morgan fingerprint density at radius 2 is 1.74 bits per heavy atom. The molecule has 0 aromatic heterocycles. The Hall–Kier alpha value is -3.85. The van der Waals surface area contributed by atoms with E-state index in [0.29, 0.717) is 18.2 Å². The molecule has 0 bridgehead atoms. The van der Waals surface area contributed by atoms with Crippen molar-refractivity contribution in [3.8, 4) is 5.75 Å². The summed E-state index contributed by atoms with van der Waals surface area (Å²) in [6.45, 7) is 8.70. The summed E-state index contributed by atoms with van der Waals surface area (Å²) in [7, 11) is -4.23. The van der Waals surface area contributed by atoms with Gasteiger partial charge in [-0.05, 0) is 51.1 Å². The first-order valence-electron chi connectivity index (χ1n) is 10.9. The quantitative estimate of drug-likeness (QED) is 0.376. The summed E-state index contributed by atoms with van der Waals surface area (Å²) < 4.78 is 42.8. The molecule has 3 rings (SSSR count). The van der Waals surface area contributed by atoms with Crippen LogP contribution >= 0.6 is 0 Å². The van der Waals surface area contributed by atoms with E-state index in [2.05, 4.69) is 6.58 Å². The number of nitrogens with zero attached hydrogens (tertiary/aromatic N) is 1. The maximum Gasteiger partial charge on any atom is 0.350 e. The van der Waals surface area contributed by atoms with Crippen molar-refractivity contribution in [2.45, 2.75) is 31.8 Å². The van der Waals surface area contributed by atoms with Crippen molar-refractivity contribution in [2.75, 3.05) is 18.1 Å². The van der Waals surface area contributed by atoms with E-state index in [1.165, 1.54) is 38.1 Å². The van der Waals surface area contributed by atoms with Gasteiger partial charge in [-0.3, -0.25) is 0 Å². The Bertz CT molecular complexity index is 1280. The molecule has 2 aromatic rings. The lowest BCUT2D eigenvalue weighted by Crippen LogP contribution is -2.26. The van der Waals surface area contributed by atoms with Gasteiger partial charge in [-0.25, -0.2) is 18.0 Å². The molecule has 0 saturated heterocycles. The smallest absolute Gasteiger partial charge is 0.350 e. The van der Waals surface area contributed by atoms with Gasteiger partial charge in [-0.15, -0.1) is 0 Å². The van der Waals surface area contributed by atoms with Crippen molar-refractivity contribution < 1.29 is 32.2 Å². The Morgan fingerprint density at radius 3 is 2.40 bits per heavy atom. The molecule has 1 atom stereocenters. The molecule has 0 N–H and O–H groups in total. The lowest BCUT2D eigenvalue weighted by atomic mass is 10.3. The number of allylic oxidation sites excluding steroid dienone is 2. The second-order valence-corrected chi connectivity index (χ2v) is 9.68. The molecule has 1 unspecified atom stereocenters. The van der Waals surface area contributed by atoms with Gasteiger partial charge in [0.25, 0.3) is 0 Å². The Labute approximate surface area is 205 Å². The van der Waals surface area contributed by atoms with E-state index in [4.69, 9.17) is 14.2 Å². The molecule has 0 spiro atoms. The molecule has 1 aliphatic heterocycles. The molecule has 35 heavy (non-hydrogen) atoms. The molecule has 0 radical (unpaired) electrons. The summed E-state index contributed by atoms with van der Waals surface area (Å²) in [4.78, 5) is 25.8. The van der Waals surface area contributed by atoms with E-state index in [-0.39, 0.29) is 17.1 Å². The number of benzene rings is 2. The first kappa shape index (κ1) is 25.8. The molecular formula is C26H27NO7S. The lowest BCUT2D eigenvalue weighted by Gasteiger charge is -2.16. The lowest BCUT2D eigenvalue weighted by molar-refractivity contribution is -0.152. The highest BCUT2D eigenvalue weighted by Crippen LogP contribution is 2.38. The summed E-state index contributed by atoms with van der Waals surface area (Å²) in [6.07, 6.45) is 1.69. The zero-order valence-electron chi connectivity index (χ0n) is 19.8. The molecular weight excluding hydrogens is 470 g/mol. The number of hydrogen-bond donors (Lipinski definition) is 0. The van der Waals surface area contributed by atoms with E-state index < -0.39 is 32.8 Å². The number of esters is 2. The van der Waals surface area contributed by atoms with Crippen molar-refractivity contribution in [3.63, 3.8) is 0 Å². The van der Waals surface area contributed by atoms with E-state index in [1.54, 1.807) is 24.3 Å². The maximum atomic E-state index is 13.3. The Balaban J connectivity index is 1.93. The van der Waals surface area contributed by atoms with Crippen molar-refractivity contribution in [2.24, 2.45) is 0 Å². The fraction of sp³-hybridized carbons (Fsp3) is 0.231. The highest BCUT2D eigenvalue weighted by molar-refractivity contribution is 7.96. The van der Waals surface area contributed by atoms with Gasteiger partial charge in [0.2, 0.25) is 15.7 Å². The van der Waals surface area contributed by atoms with Gasteiger partial charge in [-0.1, -0.05) is 36.9 Å². The van der Waals surface area contributed by atoms with Gasteiger partial charge in [0.05, 0.1) is 10.6 Å². The topological polar surface area (TPSA) is 99.2 Å². The SMILES string of the molecule is C=C(C)C(=O)OCC(C)OC(=O)/C(=C/C=C1\Oc2ccccc2N1CC)S(=O)(=O)c1ccccc1. The Morgan fingerprint density at radius 1 is 1.09 bits per heavy atom. The standard InChI is InChI=1S/C26H27NO7S/c1-5-27-21-13-9-10-14-22(21)34-24(27)16-15-23(35(30,31)20-11-7-6-8-12-20)26(29)33-19(4)17-32-25(28)18(2)3/h6-16,19H,2,5,17H2,1,3-4H3/b23-15-,24-16-. The minimum Gasteiger partial charge on any atom is -0.458 e. The second-order valence-electron chi connectivity index (χ2n) is 7.76. The van der Waals surface area contributed by atoms with Crippen LogP contribution in [0.4, 0.5) is 5.69 Å². The predicted octanol–water partition coefficient (Wildman–Crippen LogP) is 4.16. The van der Waals surface area contributed by atoms with Gasteiger partial charge >= 0.3 is 11.9 Å². The van der Waals surface area contributed by atoms with E-state index in [9.17, 15) is 18.0 Å². The van der Waals surface area contributed by atoms with E-state index in [0.717, 1.165) is 5.69 Å². The number of ether oxygens (including phenoxy) is 3. The van der Waals surface area contributed by atoms with Crippen LogP contribution in [0.5, 0.6) is 5.75 Å². The molecule has 0 fully saturated rings. The first-order chi connectivity index (χ1) is 16.6. The van der Waals surface area contributed by atoms with Crippen molar-refractivity contribution in [1.82, 2.24) is 0 Å². The van der Waals surface area contributed by atoms with Gasteiger partial charge in [0.1, 0.15) is 12.7 Å². The third kappa shape index (κ3) is 5.99. The molecule has 0 amide bonds. The molecule has 0 saturated carbocycles. The number of rotatable bonds is 9. The molecule has 0 aliphatic carbocycles. The molecule has 1 aliphatic rings. The van der Waals surface area contributed by atoms with Crippen molar-refractivity contribution in [3.05, 3.63) is 89.7 Å². The predicted molar refractivity (Wildman–Crippen MR) is 131 cm³/mol. The van der Waals surface area contributed by atoms with Gasteiger partial charge in [0, 0.05) is 18.2 Å². The summed E-state index contributed by atoms with van der Waals surface area (Å²) in [5.41, 5.74) is 1.03. The summed E-state index contributed by atoms with van der Waals surface area (Å²) >= 11 is 0. The number of sulfone groups is 1. The minimum absolute atomic E-state index is 0.0639. The highest BCUT2D eigenvalue weighted by Gasteiger charge is 2.30. The third-order valence-corrected chi connectivity index (χ3v) is 6.75. The highest BCUT2D eigenvalue weighted by atomic mass is 32.2. The molecule has 184 valence electrons. The largest absolute Gasteiger partial charge is 0.458 e. The fourth-order valence-electron chi connectivity index (χ4n) is 3.24. The normalized spacial score (nSPS) is 15.2. The summed E-state index contributed by atoms with van der Waals surface area (Å²) in [5.74, 6) is -0.728. The van der Waals surface area contributed by atoms with E-state index in [1.807, 2.05) is 30.0 Å². The van der Waals surface area contributed by atoms with Gasteiger partial charge < -0.3 is 19.1 Å². The average Bonchev–Trinajstić information content (AvgIpc) is 3.20. The summed E-state index contributed by atoms with van der Waals surface area (Å²) in [6, 6.07) is 14.9. The fourth-order valence-corrected chi connectivity index (χ4v) is 4.52. The number of para-hydroxylation sites is 2. The van der Waals surface area contributed by atoms with Crippen LogP contribution < -0.4 is 9.64 Å². The van der Waals surface area contributed by atoms with Gasteiger partial charge in [-0.2, -0.15) is 0 Å². The van der Waals surface area contributed by atoms with Crippen LogP contribution in [0.1, 0.15) is 20.8 Å². The zero-order chi connectivity index (χ0) is 25.6. The van der Waals surface area contributed by atoms with Crippen LogP contribution in [-0.2, 0) is 28.9 Å². The van der Waals surface area contributed by atoms with E-state index >= 15 is 0 Å². The average molecular weight is 498 g/mol. The summed E-state index contributed by atoms with van der Waals surface area (Å²) in [5, 5.41) is 0. The molecule has 8 nitrogen and oxygen atoms in total. The first-order valence-corrected chi connectivity index (χ1v) is 12.4. The number of hydrogen-bond acceptors (Lipinski definition) is 8. The van der Waals surface area contributed by atoms with Crippen LogP contribution in [0.3, 0.4) is 0 Å². The molecule has 1 heterocycles. The second kappa shape index (κ2) is 11.1. The van der Waals surface area contributed by atoms with Crippen LogP contribution in [0.2, 0.25) is 0 Å². The van der Waals surface area contributed by atoms with Crippen molar-refractivity contribution >= 4 is 27.5 Å². The minimum atomic E-state index is -4.23. The number of anilines is 1. The molecule has 2 aromatic carbocycles.